The van der Waals surface area contributed by atoms with Crippen molar-refractivity contribution in [3.8, 4) is 5.69 Å². The predicted octanol–water partition coefficient (Wildman–Crippen LogP) is 1.40. The zero-order valence-electron chi connectivity index (χ0n) is 13.0. The maximum absolute atomic E-state index is 12.6. The van der Waals surface area contributed by atoms with Gasteiger partial charge in [0.1, 0.15) is 0 Å². The molecule has 1 aromatic heterocycles. The second kappa shape index (κ2) is 6.27. The average Bonchev–Trinajstić information content (AvgIpc) is 3.04. The normalized spacial score (nSPS) is 18.5. The summed E-state index contributed by atoms with van der Waals surface area (Å²) in [5.74, 6) is -0.0427. The van der Waals surface area contributed by atoms with Crippen molar-refractivity contribution >= 4 is 5.91 Å². The fourth-order valence-corrected chi connectivity index (χ4v) is 2.82. The van der Waals surface area contributed by atoms with Crippen molar-refractivity contribution in [1.29, 1.82) is 0 Å². The summed E-state index contributed by atoms with van der Waals surface area (Å²) in [6, 6.07) is 8.33. The van der Waals surface area contributed by atoms with Crippen LogP contribution in [0.4, 0.5) is 0 Å². The Hall–Kier alpha value is -2.21. The van der Waals surface area contributed by atoms with Crippen LogP contribution in [0.3, 0.4) is 0 Å². The summed E-state index contributed by atoms with van der Waals surface area (Å²) >= 11 is 0. The third kappa shape index (κ3) is 3.01. The van der Waals surface area contributed by atoms with Gasteiger partial charge in [-0.25, -0.2) is 4.68 Å². The van der Waals surface area contributed by atoms with E-state index in [-0.39, 0.29) is 5.91 Å². The molecule has 1 aliphatic rings. The van der Waals surface area contributed by atoms with Gasteiger partial charge >= 0.3 is 0 Å². The SMILES string of the molecule is CN[C@H]1CCCN(C(=O)c2cn(-c3cccc(C)c3)nn2)C1. The molecular weight excluding hydrogens is 278 g/mol. The Bertz CT molecular complexity index is 666. The maximum atomic E-state index is 12.6. The lowest BCUT2D eigenvalue weighted by molar-refractivity contribution is 0.0692. The molecule has 1 amide bonds. The Morgan fingerprint density at radius 1 is 1.41 bits per heavy atom. The molecule has 116 valence electrons. The van der Waals surface area contributed by atoms with Crippen molar-refractivity contribution in [3.63, 3.8) is 0 Å². The highest BCUT2D eigenvalue weighted by Gasteiger charge is 2.25. The van der Waals surface area contributed by atoms with Crippen LogP contribution in [-0.4, -0.2) is 52.0 Å². The molecule has 2 heterocycles. The smallest absolute Gasteiger partial charge is 0.276 e. The molecule has 1 aromatic carbocycles. The number of carbonyl (C=O) groups is 1. The number of carbonyl (C=O) groups excluding carboxylic acids is 1. The lowest BCUT2D eigenvalue weighted by Crippen LogP contribution is -2.47. The minimum atomic E-state index is -0.0427. The average molecular weight is 299 g/mol. The van der Waals surface area contributed by atoms with Crippen molar-refractivity contribution in [2.24, 2.45) is 0 Å². The molecule has 22 heavy (non-hydrogen) atoms. The van der Waals surface area contributed by atoms with E-state index in [4.69, 9.17) is 0 Å². The van der Waals surface area contributed by atoms with Crippen LogP contribution < -0.4 is 5.32 Å². The first-order valence-electron chi connectivity index (χ1n) is 7.63. The second-order valence-corrected chi connectivity index (χ2v) is 5.77. The zero-order chi connectivity index (χ0) is 15.5. The number of rotatable bonds is 3. The van der Waals surface area contributed by atoms with E-state index in [1.165, 1.54) is 0 Å². The number of likely N-dealkylation sites (N-methyl/N-ethyl adjacent to an activating group) is 1. The van der Waals surface area contributed by atoms with Crippen LogP contribution in [0.2, 0.25) is 0 Å². The molecule has 1 atom stereocenters. The third-order valence-corrected chi connectivity index (χ3v) is 4.10. The van der Waals surface area contributed by atoms with Gasteiger partial charge in [0.25, 0.3) is 5.91 Å². The predicted molar refractivity (Wildman–Crippen MR) is 84.1 cm³/mol. The van der Waals surface area contributed by atoms with Gasteiger partial charge in [-0.1, -0.05) is 17.3 Å². The van der Waals surface area contributed by atoms with Gasteiger partial charge in [-0.2, -0.15) is 0 Å². The molecule has 0 radical (unpaired) electrons. The van der Waals surface area contributed by atoms with Crippen LogP contribution in [0.25, 0.3) is 5.69 Å². The van der Waals surface area contributed by atoms with Crippen molar-refractivity contribution < 1.29 is 4.79 Å². The van der Waals surface area contributed by atoms with Crippen molar-refractivity contribution in [3.05, 3.63) is 41.7 Å². The van der Waals surface area contributed by atoms with Gasteiger partial charge in [0.05, 0.1) is 11.9 Å². The Balaban J connectivity index is 1.77. The molecule has 1 aliphatic heterocycles. The number of hydrogen-bond acceptors (Lipinski definition) is 4. The van der Waals surface area contributed by atoms with Crippen molar-refractivity contribution in [2.75, 3.05) is 20.1 Å². The van der Waals surface area contributed by atoms with E-state index in [9.17, 15) is 4.79 Å². The van der Waals surface area contributed by atoms with Crippen LogP contribution in [0.5, 0.6) is 0 Å². The van der Waals surface area contributed by atoms with Gasteiger partial charge in [-0.15, -0.1) is 5.10 Å². The molecular formula is C16H21N5O. The molecule has 0 saturated carbocycles. The monoisotopic (exact) mass is 299 g/mol. The molecule has 1 fully saturated rings. The van der Waals surface area contributed by atoms with Crippen molar-refractivity contribution in [1.82, 2.24) is 25.2 Å². The molecule has 1 N–H and O–H groups in total. The van der Waals surface area contributed by atoms with E-state index in [0.717, 1.165) is 37.2 Å². The highest BCUT2D eigenvalue weighted by atomic mass is 16.2. The fourth-order valence-electron chi connectivity index (χ4n) is 2.82. The van der Waals surface area contributed by atoms with Crippen LogP contribution in [0.1, 0.15) is 28.9 Å². The van der Waals surface area contributed by atoms with Crippen LogP contribution in [0.15, 0.2) is 30.5 Å². The highest BCUT2D eigenvalue weighted by molar-refractivity contribution is 5.92. The van der Waals surface area contributed by atoms with Crippen molar-refractivity contribution in [2.45, 2.75) is 25.8 Å². The first-order chi connectivity index (χ1) is 10.7. The first-order valence-corrected chi connectivity index (χ1v) is 7.63. The van der Waals surface area contributed by atoms with E-state index >= 15 is 0 Å². The Morgan fingerprint density at radius 3 is 3.05 bits per heavy atom. The minimum absolute atomic E-state index is 0.0427. The van der Waals surface area contributed by atoms with Gasteiger partial charge in [0.2, 0.25) is 0 Å². The van der Waals surface area contributed by atoms with Crippen LogP contribution in [-0.2, 0) is 0 Å². The van der Waals surface area contributed by atoms with E-state index in [0.29, 0.717) is 11.7 Å². The van der Waals surface area contributed by atoms with E-state index in [2.05, 4.69) is 15.6 Å². The molecule has 6 nitrogen and oxygen atoms in total. The van der Waals surface area contributed by atoms with E-state index in [1.807, 2.05) is 43.1 Å². The van der Waals surface area contributed by atoms with Gasteiger partial charge in [-0.05, 0) is 44.5 Å². The summed E-state index contributed by atoms with van der Waals surface area (Å²) in [6.45, 7) is 3.54. The third-order valence-electron chi connectivity index (χ3n) is 4.10. The largest absolute Gasteiger partial charge is 0.336 e. The Morgan fingerprint density at radius 2 is 2.27 bits per heavy atom. The molecule has 3 rings (SSSR count). The van der Waals surface area contributed by atoms with E-state index < -0.39 is 0 Å². The lowest BCUT2D eigenvalue weighted by Gasteiger charge is -2.31. The molecule has 0 unspecified atom stereocenters. The van der Waals surface area contributed by atoms with Gasteiger partial charge < -0.3 is 10.2 Å². The zero-order valence-corrected chi connectivity index (χ0v) is 13.0. The Labute approximate surface area is 130 Å². The first kappa shape index (κ1) is 14.7. The number of benzene rings is 1. The topological polar surface area (TPSA) is 63.1 Å². The number of piperidine rings is 1. The standard InChI is InChI=1S/C16H21N5O/c1-12-5-3-7-14(9-12)21-11-15(18-19-21)16(22)20-8-4-6-13(10-20)17-2/h3,5,7,9,11,13,17H,4,6,8,10H2,1-2H3/t13-/m0/s1. The molecule has 0 aliphatic carbocycles. The number of aryl methyl sites for hydroxylation is 1. The molecule has 0 bridgehead atoms. The Kier molecular flexibility index (Phi) is 4.20. The summed E-state index contributed by atoms with van der Waals surface area (Å²) in [5.41, 5.74) is 2.46. The number of amides is 1. The quantitative estimate of drug-likeness (QED) is 0.930. The molecule has 2 aromatic rings. The molecule has 1 saturated heterocycles. The molecule has 0 spiro atoms. The maximum Gasteiger partial charge on any atom is 0.276 e. The van der Waals surface area contributed by atoms with Gasteiger partial charge in [0.15, 0.2) is 5.69 Å². The van der Waals surface area contributed by atoms with Gasteiger partial charge in [-0.3, -0.25) is 4.79 Å². The van der Waals surface area contributed by atoms with E-state index in [1.54, 1.807) is 10.9 Å². The number of aromatic nitrogens is 3. The van der Waals surface area contributed by atoms with Gasteiger partial charge in [0, 0.05) is 19.1 Å². The number of nitrogens with one attached hydrogen (secondary N) is 1. The fraction of sp³-hybridized carbons (Fsp3) is 0.438. The number of nitrogens with zero attached hydrogens (tertiary/aromatic N) is 4. The number of likely N-dealkylation sites (tertiary alicyclic amines) is 1. The highest BCUT2D eigenvalue weighted by Crippen LogP contribution is 2.14. The summed E-state index contributed by atoms with van der Waals surface area (Å²) < 4.78 is 1.65. The minimum Gasteiger partial charge on any atom is -0.336 e. The van der Waals surface area contributed by atoms with Crippen LogP contribution in [0, 0.1) is 6.92 Å². The number of hydrogen-bond donors (Lipinski definition) is 1. The summed E-state index contributed by atoms with van der Waals surface area (Å²) in [7, 11) is 1.94. The summed E-state index contributed by atoms with van der Waals surface area (Å²) in [6.07, 6.45) is 3.83. The summed E-state index contributed by atoms with van der Waals surface area (Å²) in [5, 5.41) is 11.4. The van der Waals surface area contributed by atoms with Crippen LogP contribution >= 0.6 is 0 Å². The summed E-state index contributed by atoms with van der Waals surface area (Å²) in [4.78, 5) is 14.4. The second-order valence-electron chi connectivity index (χ2n) is 5.77. The lowest BCUT2D eigenvalue weighted by atomic mass is 10.1. The molecule has 6 heteroatoms.